The van der Waals surface area contributed by atoms with Crippen molar-refractivity contribution in [2.24, 2.45) is 5.41 Å². The molecule has 1 heterocycles. The summed E-state index contributed by atoms with van der Waals surface area (Å²) in [7, 11) is 0. The summed E-state index contributed by atoms with van der Waals surface area (Å²) in [5.74, 6) is -0.0720. The van der Waals surface area contributed by atoms with Gasteiger partial charge in [0, 0.05) is 5.41 Å². The second-order valence-corrected chi connectivity index (χ2v) is 10.5. The van der Waals surface area contributed by atoms with E-state index in [1.165, 1.54) is 30.9 Å². The van der Waals surface area contributed by atoms with Gasteiger partial charge in [-0.15, -0.1) is 0 Å². The Hall–Kier alpha value is -3.18. The van der Waals surface area contributed by atoms with Crippen LogP contribution in [-0.4, -0.2) is 25.3 Å². The third-order valence-corrected chi connectivity index (χ3v) is 6.84. The van der Waals surface area contributed by atoms with E-state index >= 15 is 0 Å². The van der Waals surface area contributed by atoms with Crippen LogP contribution in [0.25, 0.3) is 11.1 Å². The van der Waals surface area contributed by atoms with Gasteiger partial charge in [0.2, 0.25) is 0 Å². The Morgan fingerprint density at radius 3 is 2.30 bits per heavy atom. The Balaban J connectivity index is 1.31. The predicted octanol–water partition coefficient (Wildman–Crippen LogP) is 8.03. The molecule has 196 valence electrons. The number of benzene rings is 3. The topological polar surface area (TPSA) is 44.8 Å². The zero-order chi connectivity index (χ0) is 26.3. The number of rotatable bonds is 12. The van der Waals surface area contributed by atoms with Gasteiger partial charge < -0.3 is 14.2 Å². The molecular formula is C32H37FO4. The van der Waals surface area contributed by atoms with Crippen LogP contribution in [-0.2, 0) is 11.2 Å². The van der Waals surface area contributed by atoms with Crippen LogP contribution in [0.15, 0.2) is 66.7 Å². The monoisotopic (exact) mass is 504 g/mol. The lowest BCUT2D eigenvalue weighted by Gasteiger charge is -2.38. The molecule has 1 aliphatic heterocycles. The normalized spacial score (nSPS) is 15.0. The van der Waals surface area contributed by atoms with Crippen molar-refractivity contribution >= 4 is 5.97 Å². The minimum atomic E-state index is -0.408. The second kappa shape index (κ2) is 12.4. The van der Waals surface area contributed by atoms with Crippen LogP contribution < -0.4 is 9.47 Å². The van der Waals surface area contributed by atoms with E-state index in [0.717, 1.165) is 43.6 Å². The molecule has 0 aliphatic carbocycles. The lowest BCUT2D eigenvalue weighted by molar-refractivity contribution is -0.100. The minimum Gasteiger partial charge on any atom is -0.488 e. The van der Waals surface area contributed by atoms with Gasteiger partial charge in [0.25, 0.3) is 0 Å². The van der Waals surface area contributed by atoms with Crippen molar-refractivity contribution in [2.75, 3.05) is 13.2 Å². The van der Waals surface area contributed by atoms with Gasteiger partial charge in [-0.2, -0.15) is 0 Å². The van der Waals surface area contributed by atoms with Crippen LogP contribution in [0.2, 0.25) is 0 Å². The largest absolute Gasteiger partial charge is 0.488 e. The van der Waals surface area contributed by atoms with Crippen molar-refractivity contribution in [1.29, 1.82) is 0 Å². The van der Waals surface area contributed by atoms with Crippen LogP contribution in [0.5, 0.6) is 11.5 Å². The predicted molar refractivity (Wildman–Crippen MR) is 145 cm³/mol. The average Bonchev–Trinajstić information content (AvgIpc) is 2.88. The van der Waals surface area contributed by atoms with Gasteiger partial charge in [-0.1, -0.05) is 63.4 Å². The highest BCUT2D eigenvalue weighted by Crippen LogP contribution is 2.31. The first-order valence-electron chi connectivity index (χ1n) is 13.3. The number of hydrogen-bond acceptors (Lipinski definition) is 4. The maximum atomic E-state index is 14.7. The highest BCUT2D eigenvalue weighted by Gasteiger charge is 2.33. The summed E-state index contributed by atoms with van der Waals surface area (Å²) in [6.07, 6.45) is 6.50. The molecule has 1 fully saturated rings. The van der Waals surface area contributed by atoms with E-state index in [9.17, 15) is 9.18 Å². The summed E-state index contributed by atoms with van der Waals surface area (Å²) in [4.78, 5) is 12.6. The standard InChI is InChI=1S/C32H37FO4/c1-4-5-6-7-8-23(2)36-30-18-15-27(19-29(30)33)25-13-16-28(17-14-25)37-31(34)26-11-9-24(10-12-26)20-32(3)21-35-22-32/h9-19,23H,4-8,20-22H2,1-3H3. The Labute approximate surface area is 219 Å². The fraction of sp³-hybridized carbons (Fsp3) is 0.406. The van der Waals surface area contributed by atoms with Crippen LogP contribution in [0.4, 0.5) is 4.39 Å². The van der Waals surface area contributed by atoms with Gasteiger partial charge in [-0.3, -0.25) is 0 Å². The zero-order valence-corrected chi connectivity index (χ0v) is 22.1. The van der Waals surface area contributed by atoms with Gasteiger partial charge in [0.05, 0.1) is 24.9 Å². The third-order valence-electron chi connectivity index (χ3n) is 6.84. The third kappa shape index (κ3) is 7.42. The maximum absolute atomic E-state index is 14.7. The van der Waals surface area contributed by atoms with Gasteiger partial charge in [-0.05, 0) is 79.3 Å². The van der Waals surface area contributed by atoms with E-state index in [2.05, 4.69) is 13.8 Å². The summed E-state index contributed by atoms with van der Waals surface area (Å²) in [6, 6.07) is 19.6. The molecule has 1 atom stereocenters. The minimum absolute atomic E-state index is 0.0250. The van der Waals surface area contributed by atoms with Crippen molar-refractivity contribution in [1.82, 2.24) is 0 Å². The molecule has 5 heteroatoms. The fourth-order valence-electron chi connectivity index (χ4n) is 4.60. The number of halogens is 1. The molecule has 0 N–H and O–H groups in total. The maximum Gasteiger partial charge on any atom is 0.343 e. The second-order valence-electron chi connectivity index (χ2n) is 10.5. The summed E-state index contributed by atoms with van der Waals surface area (Å²) in [6.45, 7) is 7.92. The van der Waals surface area contributed by atoms with E-state index in [1.807, 2.05) is 37.3 Å². The molecule has 0 bridgehead atoms. The Morgan fingerprint density at radius 1 is 0.973 bits per heavy atom. The number of carbonyl (C=O) groups excluding carboxylic acids is 1. The van der Waals surface area contributed by atoms with Crippen molar-refractivity contribution in [2.45, 2.75) is 65.4 Å². The van der Waals surface area contributed by atoms with Crippen LogP contribution >= 0.6 is 0 Å². The first-order valence-corrected chi connectivity index (χ1v) is 13.3. The Kier molecular flexibility index (Phi) is 8.99. The molecule has 4 nitrogen and oxygen atoms in total. The van der Waals surface area contributed by atoms with Gasteiger partial charge >= 0.3 is 5.97 Å². The molecule has 3 aromatic rings. The van der Waals surface area contributed by atoms with E-state index in [4.69, 9.17) is 14.2 Å². The van der Waals surface area contributed by atoms with Crippen molar-refractivity contribution < 1.29 is 23.4 Å². The highest BCUT2D eigenvalue weighted by atomic mass is 19.1. The smallest absolute Gasteiger partial charge is 0.343 e. The molecule has 4 rings (SSSR count). The SMILES string of the molecule is CCCCCCC(C)Oc1ccc(-c2ccc(OC(=O)c3ccc(CC4(C)COC4)cc3)cc2)cc1F. The van der Waals surface area contributed by atoms with Crippen molar-refractivity contribution in [3.8, 4) is 22.6 Å². The highest BCUT2D eigenvalue weighted by molar-refractivity contribution is 5.91. The first kappa shape index (κ1) is 26.9. The fourth-order valence-corrected chi connectivity index (χ4v) is 4.60. The van der Waals surface area contributed by atoms with Gasteiger partial charge in [-0.25, -0.2) is 9.18 Å². The Morgan fingerprint density at radius 2 is 1.68 bits per heavy atom. The molecule has 37 heavy (non-hydrogen) atoms. The number of hydrogen-bond donors (Lipinski definition) is 0. The lowest BCUT2D eigenvalue weighted by Crippen LogP contribution is -2.41. The van der Waals surface area contributed by atoms with Crippen LogP contribution in [0.3, 0.4) is 0 Å². The van der Waals surface area contributed by atoms with Gasteiger partial charge in [0.1, 0.15) is 5.75 Å². The zero-order valence-electron chi connectivity index (χ0n) is 22.1. The van der Waals surface area contributed by atoms with Crippen molar-refractivity contribution in [3.05, 3.63) is 83.7 Å². The van der Waals surface area contributed by atoms with E-state index in [-0.39, 0.29) is 23.1 Å². The number of unbranched alkanes of at least 4 members (excludes halogenated alkanes) is 3. The number of ether oxygens (including phenoxy) is 3. The summed E-state index contributed by atoms with van der Waals surface area (Å²) >= 11 is 0. The molecule has 0 aromatic heterocycles. The van der Waals surface area contributed by atoms with E-state index < -0.39 is 5.97 Å². The summed E-state index contributed by atoms with van der Waals surface area (Å²) in [5, 5.41) is 0. The number of esters is 1. The quantitative estimate of drug-likeness (QED) is 0.142. The molecule has 3 aromatic carbocycles. The molecule has 0 amide bonds. The molecular weight excluding hydrogens is 467 g/mol. The molecule has 1 aliphatic rings. The molecule has 1 unspecified atom stereocenters. The van der Waals surface area contributed by atoms with Crippen LogP contribution in [0.1, 0.15) is 68.8 Å². The molecule has 0 spiro atoms. The molecule has 0 saturated carbocycles. The summed E-state index contributed by atoms with van der Waals surface area (Å²) in [5.41, 5.74) is 3.43. The lowest BCUT2D eigenvalue weighted by atomic mass is 9.82. The van der Waals surface area contributed by atoms with E-state index in [0.29, 0.717) is 11.3 Å². The first-order chi connectivity index (χ1) is 17.8. The Bertz CT molecular complexity index is 1170. The number of carbonyl (C=O) groups is 1. The molecule has 0 radical (unpaired) electrons. The van der Waals surface area contributed by atoms with Gasteiger partial charge in [0.15, 0.2) is 11.6 Å². The summed E-state index contributed by atoms with van der Waals surface area (Å²) < 4.78 is 31.4. The van der Waals surface area contributed by atoms with Crippen molar-refractivity contribution in [3.63, 3.8) is 0 Å². The van der Waals surface area contributed by atoms with E-state index in [1.54, 1.807) is 30.3 Å². The van der Waals surface area contributed by atoms with Crippen LogP contribution in [0, 0.1) is 11.2 Å². The average molecular weight is 505 g/mol. The molecule has 1 saturated heterocycles.